The van der Waals surface area contributed by atoms with Gasteiger partial charge in [-0.15, -0.1) is 0 Å². The second kappa shape index (κ2) is 9.33. The Balaban J connectivity index is 1.80. The van der Waals surface area contributed by atoms with Crippen LogP contribution in [0.2, 0.25) is 0 Å². The van der Waals surface area contributed by atoms with E-state index in [0.717, 1.165) is 16.9 Å². The van der Waals surface area contributed by atoms with Crippen LogP contribution < -0.4 is 4.74 Å². The van der Waals surface area contributed by atoms with Crippen LogP contribution >= 0.6 is 0 Å². The fraction of sp³-hybridized carbons (Fsp3) is 0.333. The number of aromatic nitrogens is 4. The molecule has 1 unspecified atom stereocenters. The molecule has 0 saturated heterocycles. The molecular weight excluding hydrogens is 430 g/mol. The number of hydrogen-bond donors (Lipinski definition) is 0. The summed E-state index contributed by atoms with van der Waals surface area (Å²) >= 11 is 0. The number of likely N-dealkylation sites (N-methyl/N-ethyl adjacent to an activating group) is 1. The van der Waals surface area contributed by atoms with E-state index in [4.69, 9.17) is 4.74 Å². The maximum Gasteiger partial charge on any atom is 0.417 e. The highest BCUT2D eigenvalue weighted by atomic mass is 19.4. The van der Waals surface area contributed by atoms with Crippen LogP contribution in [0, 0.1) is 12.7 Å². The molecule has 3 aromatic rings. The number of carbonyl (C=O) groups is 1. The van der Waals surface area contributed by atoms with Gasteiger partial charge < -0.3 is 9.64 Å². The third-order valence-corrected chi connectivity index (χ3v) is 4.83. The minimum atomic E-state index is -4.50. The molecule has 11 heteroatoms. The third-order valence-electron chi connectivity index (χ3n) is 4.83. The quantitative estimate of drug-likeness (QED) is 0.507. The molecule has 1 atom stereocenters. The van der Waals surface area contributed by atoms with Gasteiger partial charge in [0.2, 0.25) is 5.88 Å². The van der Waals surface area contributed by atoms with Gasteiger partial charge >= 0.3 is 6.18 Å². The Bertz CT molecular complexity index is 1070. The third kappa shape index (κ3) is 4.87. The SMILES string of the molecule is CCN(C(=O)c1c(-n2nccn2)ccc(C)c1F)C(C)COc1ccc(C(F)(F)F)cn1. The summed E-state index contributed by atoms with van der Waals surface area (Å²) in [5.41, 5.74) is -0.585. The molecule has 0 bridgehead atoms. The second-order valence-electron chi connectivity index (χ2n) is 7.04. The van der Waals surface area contributed by atoms with Gasteiger partial charge in [0.05, 0.1) is 24.0 Å². The molecule has 2 aromatic heterocycles. The first-order valence-corrected chi connectivity index (χ1v) is 9.76. The van der Waals surface area contributed by atoms with E-state index in [1.165, 1.54) is 23.4 Å². The Labute approximate surface area is 181 Å². The minimum absolute atomic E-state index is 0.0171. The molecule has 0 aliphatic carbocycles. The number of alkyl halides is 3. The van der Waals surface area contributed by atoms with Crippen molar-refractivity contribution in [1.82, 2.24) is 24.9 Å². The molecule has 2 heterocycles. The van der Waals surface area contributed by atoms with E-state index in [0.29, 0.717) is 6.20 Å². The van der Waals surface area contributed by atoms with Crippen LogP contribution in [0.15, 0.2) is 42.9 Å². The molecule has 170 valence electrons. The molecule has 7 nitrogen and oxygen atoms in total. The number of aryl methyl sites for hydroxylation is 1. The maximum atomic E-state index is 15.0. The summed E-state index contributed by atoms with van der Waals surface area (Å²) in [6, 6.07) is 4.53. The van der Waals surface area contributed by atoms with Gasteiger partial charge in [-0.3, -0.25) is 4.79 Å². The summed E-state index contributed by atoms with van der Waals surface area (Å²) in [5.74, 6) is -1.28. The first-order valence-electron chi connectivity index (χ1n) is 9.76. The Morgan fingerprint density at radius 1 is 1.19 bits per heavy atom. The number of halogens is 4. The lowest BCUT2D eigenvalue weighted by molar-refractivity contribution is -0.137. The highest BCUT2D eigenvalue weighted by Crippen LogP contribution is 2.29. The maximum absolute atomic E-state index is 15.0. The van der Waals surface area contributed by atoms with Crippen LogP contribution in [0.3, 0.4) is 0 Å². The summed E-state index contributed by atoms with van der Waals surface area (Å²) in [4.78, 5) is 19.5. The van der Waals surface area contributed by atoms with Crippen molar-refractivity contribution in [2.45, 2.75) is 33.0 Å². The fourth-order valence-corrected chi connectivity index (χ4v) is 3.11. The van der Waals surface area contributed by atoms with Gasteiger partial charge in [-0.25, -0.2) is 9.37 Å². The van der Waals surface area contributed by atoms with E-state index < -0.39 is 29.5 Å². The molecule has 3 rings (SSSR count). The molecule has 0 fully saturated rings. The lowest BCUT2D eigenvalue weighted by atomic mass is 10.1. The topological polar surface area (TPSA) is 73.1 Å². The number of nitrogens with zero attached hydrogens (tertiary/aromatic N) is 5. The van der Waals surface area contributed by atoms with Crippen molar-refractivity contribution in [2.75, 3.05) is 13.2 Å². The zero-order chi connectivity index (χ0) is 23.5. The van der Waals surface area contributed by atoms with Crippen LogP contribution in [0.25, 0.3) is 5.69 Å². The zero-order valence-corrected chi connectivity index (χ0v) is 17.6. The number of carbonyl (C=O) groups excluding carboxylic acids is 1. The van der Waals surface area contributed by atoms with Crippen LogP contribution in [0.5, 0.6) is 5.88 Å². The average molecular weight is 451 g/mol. The molecular formula is C21H21F4N5O2. The van der Waals surface area contributed by atoms with Crippen molar-refractivity contribution in [1.29, 1.82) is 0 Å². The van der Waals surface area contributed by atoms with Gasteiger partial charge in [-0.05, 0) is 38.5 Å². The normalized spacial score (nSPS) is 12.5. The van der Waals surface area contributed by atoms with E-state index in [1.54, 1.807) is 26.8 Å². The number of hydrogen-bond acceptors (Lipinski definition) is 5. The van der Waals surface area contributed by atoms with Crippen LogP contribution in [0.1, 0.15) is 35.3 Å². The first kappa shape index (κ1) is 23.2. The van der Waals surface area contributed by atoms with Crippen LogP contribution in [-0.2, 0) is 6.18 Å². The Morgan fingerprint density at radius 3 is 2.44 bits per heavy atom. The molecule has 0 spiro atoms. The molecule has 0 radical (unpaired) electrons. The second-order valence-corrected chi connectivity index (χ2v) is 7.04. The predicted molar refractivity (Wildman–Crippen MR) is 107 cm³/mol. The van der Waals surface area contributed by atoms with Crippen molar-refractivity contribution in [3.8, 4) is 11.6 Å². The first-order chi connectivity index (χ1) is 15.1. The lowest BCUT2D eigenvalue weighted by Gasteiger charge is -2.29. The van der Waals surface area contributed by atoms with E-state index in [9.17, 15) is 22.4 Å². The largest absolute Gasteiger partial charge is 0.475 e. The molecule has 0 saturated carbocycles. The molecule has 32 heavy (non-hydrogen) atoms. The number of rotatable bonds is 7. The van der Waals surface area contributed by atoms with Gasteiger partial charge in [0.25, 0.3) is 5.91 Å². The summed E-state index contributed by atoms with van der Waals surface area (Å²) in [7, 11) is 0. The number of amides is 1. The lowest BCUT2D eigenvalue weighted by Crippen LogP contribution is -2.42. The van der Waals surface area contributed by atoms with E-state index in [1.807, 2.05) is 0 Å². The van der Waals surface area contributed by atoms with Gasteiger partial charge in [-0.2, -0.15) is 28.2 Å². The molecule has 1 amide bonds. The monoisotopic (exact) mass is 451 g/mol. The van der Waals surface area contributed by atoms with Crippen molar-refractivity contribution < 1.29 is 27.1 Å². The van der Waals surface area contributed by atoms with Gasteiger partial charge in [0, 0.05) is 18.8 Å². The number of pyridine rings is 1. The average Bonchev–Trinajstić information content (AvgIpc) is 3.29. The van der Waals surface area contributed by atoms with E-state index >= 15 is 0 Å². The Morgan fingerprint density at radius 2 is 1.88 bits per heavy atom. The molecule has 0 aliphatic rings. The van der Waals surface area contributed by atoms with Gasteiger partial charge in [-0.1, -0.05) is 6.07 Å². The minimum Gasteiger partial charge on any atom is -0.475 e. The van der Waals surface area contributed by atoms with Crippen molar-refractivity contribution in [2.24, 2.45) is 0 Å². The Kier molecular flexibility index (Phi) is 6.75. The Hall–Kier alpha value is -3.50. The zero-order valence-electron chi connectivity index (χ0n) is 17.6. The van der Waals surface area contributed by atoms with Crippen molar-refractivity contribution in [3.05, 3.63) is 65.4 Å². The summed E-state index contributed by atoms with van der Waals surface area (Å²) in [6.45, 7) is 5.14. The van der Waals surface area contributed by atoms with Crippen molar-refractivity contribution in [3.63, 3.8) is 0 Å². The van der Waals surface area contributed by atoms with Gasteiger partial charge in [0.1, 0.15) is 23.7 Å². The highest BCUT2D eigenvalue weighted by Gasteiger charge is 2.31. The van der Waals surface area contributed by atoms with Crippen molar-refractivity contribution >= 4 is 5.91 Å². The number of benzene rings is 1. The van der Waals surface area contributed by atoms with E-state index in [2.05, 4.69) is 15.2 Å². The van der Waals surface area contributed by atoms with Crippen LogP contribution in [-0.4, -0.2) is 50.0 Å². The molecule has 0 aliphatic heterocycles. The number of ether oxygens (including phenoxy) is 1. The fourth-order valence-electron chi connectivity index (χ4n) is 3.11. The smallest absolute Gasteiger partial charge is 0.417 e. The predicted octanol–water partition coefficient (Wildman–Crippen LogP) is 4.06. The van der Waals surface area contributed by atoms with Gasteiger partial charge in [0.15, 0.2) is 0 Å². The van der Waals surface area contributed by atoms with E-state index in [-0.39, 0.29) is 35.8 Å². The van der Waals surface area contributed by atoms with Crippen LogP contribution in [0.4, 0.5) is 17.6 Å². The highest BCUT2D eigenvalue weighted by molar-refractivity contribution is 5.98. The summed E-state index contributed by atoms with van der Waals surface area (Å²) < 4.78 is 58.5. The molecule has 1 aromatic carbocycles. The standard InChI is InChI=1S/C21H21F4N5O2/c1-4-29(14(3)12-32-17-8-6-15(11-26-17)21(23,24)25)20(31)18-16(30-27-9-10-28-30)7-5-13(2)19(18)22/h5-11,14H,4,12H2,1-3H3. The summed E-state index contributed by atoms with van der Waals surface area (Å²) in [6.07, 6.45) is -0.994. The molecule has 0 N–H and O–H groups in total. The summed E-state index contributed by atoms with van der Waals surface area (Å²) in [5, 5.41) is 7.97.